The van der Waals surface area contributed by atoms with Crippen LogP contribution in [0, 0.1) is 23.3 Å². The maximum absolute atomic E-state index is 13.6. The first-order chi connectivity index (χ1) is 10.9. The summed E-state index contributed by atoms with van der Waals surface area (Å²) < 4.78 is 54.8. The molecule has 0 bridgehead atoms. The zero-order chi connectivity index (χ0) is 16.6. The van der Waals surface area contributed by atoms with Crippen LogP contribution in [0.4, 0.5) is 23.4 Å². The number of rotatable bonds is 4. The second kappa shape index (κ2) is 6.15. The van der Waals surface area contributed by atoms with Gasteiger partial charge in [0.1, 0.15) is 0 Å². The smallest absolute Gasteiger partial charge is 0.172 e. The lowest BCUT2D eigenvalue weighted by atomic mass is 10.2. The summed E-state index contributed by atoms with van der Waals surface area (Å²) in [4.78, 5) is 0. The van der Waals surface area contributed by atoms with Crippen molar-refractivity contribution in [2.45, 2.75) is 25.4 Å². The molecule has 1 aromatic heterocycles. The molecule has 1 fully saturated rings. The van der Waals surface area contributed by atoms with E-state index in [0.717, 1.165) is 17.5 Å². The first kappa shape index (κ1) is 15.7. The molecule has 23 heavy (non-hydrogen) atoms. The molecule has 9 heteroatoms. The lowest BCUT2D eigenvalue weighted by Gasteiger charge is -2.08. The molecule has 0 aliphatic heterocycles. The predicted octanol–water partition coefficient (Wildman–Crippen LogP) is 2.94. The summed E-state index contributed by atoms with van der Waals surface area (Å²) in [6.45, 7) is -0.448. The van der Waals surface area contributed by atoms with Crippen molar-refractivity contribution in [3.05, 3.63) is 47.2 Å². The van der Waals surface area contributed by atoms with Crippen molar-refractivity contribution in [2.24, 2.45) is 0 Å². The van der Waals surface area contributed by atoms with Gasteiger partial charge in [0.15, 0.2) is 34.2 Å². The Morgan fingerprint density at radius 2 is 1.87 bits per heavy atom. The van der Waals surface area contributed by atoms with Crippen LogP contribution in [0.25, 0.3) is 0 Å². The van der Waals surface area contributed by atoms with E-state index in [1.54, 1.807) is 0 Å². The summed E-state index contributed by atoms with van der Waals surface area (Å²) in [5, 5.41) is 10.3. The number of nitrogens with one attached hydrogen (secondary N) is 2. The van der Waals surface area contributed by atoms with Gasteiger partial charge in [0.25, 0.3) is 0 Å². The average Bonchev–Trinajstić information content (AvgIpc) is 3.19. The molecule has 1 aliphatic rings. The topological polar surface area (TPSA) is 41.9 Å². The summed E-state index contributed by atoms with van der Waals surface area (Å²) in [6.07, 6.45) is 3.53. The summed E-state index contributed by atoms with van der Waals surface area (Å²) in [7, 11) is 0. The molecule has 0 amide bonds. The third kappa shape index (κ3) is 3.61. The molecule has 1 heterocycles. The van der Waals surface area contributed by atoms with Crippen molar-refractivity contribution < 1.29 is 17.6 Å². The van der Waals surface area contributed by atoms with E-state index in [9.17, 15) is 17.6 Å². The van der Waals surface area contributed by atoms with Crippen molar-refractivity contribution in [3.63, 3.8) is 0 Å². The molecular formula is C14H12F4N4S. The van der Waals surface area contributed by atoms with Gasteiger partial charge in [0, 0.05) is 24.4 Å². The molecule has 1 aromatic carbocycles. The quantitative estimate of drug-likeness (QED) is 0.508. The molecule has 0 radical (unpaired) electrons. The number of hydrogen-bond donors (Lipinski definition) is 2. The number of benzene rings is 1. The Hall–Kier alpha value is -2.16. The number of hydrogen-bond acceptors (Lipinski definition) is 2. The Morgan fingerprint density at radius 3 is 2.48 bits per heavy atom. The third-order valence-corrected chi connectivity index (χ3v) is 3.54. The van der Waals surface area contributed by atoms with Gasteiger partial charge >= 0.3 is 0 Å². The maximum atomic E-state index is 13.6. The van der Waals surface area contributed by atoms with E-state index in [1.807, 2.05) is 0 Å². The Morgan fingerprint density at radius 1 is 1.22 bits per heavy atom. The number of nitrogens with zero attached hydrogens (tertiary/aromatic N) is 2. The number of thiocarbonyl (C=S) groups is 1. The predicted molar refractivity (Wildman–Crippen MR) is 80.0 cm³/mol. The minimum absolute atomic E-state index is 0.173. The highest BCUT2D eigenvalue weighted by Gasteiger charge is 2.22. The zero-order valence-electron chi connectivity index (χ0n) is 11.7. The van der Waals surface area contributed by atoms with Gasteiger partial charge < -0.3 is 10.6 Å². The summed E-state index contributed by atoms with van der Waals surface area (Å²) in [5.41, 5.74) is -0.726. The first-order valence-corrected chi connectivity index (χ1v) is 7.27. The van der Waals surface area contributed by atoms with Crippen molar-refractivity contribution in [1.82, 2.24) is 15.1 Å². The molecule has 0 atom stereocenters. The molecular weight excluding hydrogens is 332 g/mol. The van der Waals surface area contributed by atoms with Gasteiger partial charge in [-0.05, 0) is 25.1 Å². The van der Waals surface area contributed by atoms with Gasteiger partial charge in [0.05, 0.1) is 12.1 Å². The van der Waals surface area contributed by atoms with E-state index < -0.39 is 35.4 Å². The second-order valence-corrected chi connectivity index (χ2v) is 5.63. The van der Waals surface area contributed by atoms with E-state index >= 15 is 0 Å². The highest BCUT2D eigenvalue weighted by molar-refractivity contribution is 7.80. The number of anilines is 1. The van der Waals surface area contributed by atoms with Crippen molar-refractivity contribution in [1.29, 1.82) is 0 Å². The van der Waals surface area contributed by atoms with Crippen LogP contribution in [0.2, 0.25) is 0 Å². The molecule has 1 saturated carbocycles. The van der Waals surface area contributed by atoms with E-state index in [0.29, 0.717) is 17.0 Å². The van der Waals surface area contributed by atoms with Gasteiger partial charge in [-0.25, -0.2) is 17.6 Å². The van der Waals surface area contributed by atoms with Gasteiger partial charge in [-0.3, -0.25) is 4.68 Å². The van der Waals surface area contributed by atoms with Crippen molar-refractivity contribution in [3.8, 4) is 0 Å². The SMILES string of the molecule is Fc1cc(F)c(F)c(Cn2ccc(NC(=S)NC3CC3)n2)c1F. The fraction of sp³-hybridized carbons (Fsp3) is 0.286. The number of aromatic nitrogens is 2. The summed E-state index contributed by atoms with van der Waals surface area (Å²) in [5.74, 6) is -5.39. The van der Waals surface area contributed by atoms with Gasteiger partial charge in [-0.1, -0.05) is 0 Å². The standard InChI is InChI=1S/C14H12F4N4S/c15-9-5-10(16)13(18)8(12(9)17)6-22-4-3-11(21-22)20-14(23)19-7-1-2-7/h3-5,7H,1-2,6H2,(H2,19,20,21,23). The normalized spacial score (nSPS) is 13.9. The van der Waals surface area contributed by atoms with Crippen LogP contribution < -0.4 is 10.6 Å². The van der Waals surface area contributed by atoms with E-state index in [4.69, 9.17) is 12.2 Å². The highest BCUT2D eigenvalue weighted by Crippen LogP contribution is 2.21. The average molecular weight is 344 g/mol. The summed E-state index contributed by atoms with van der Waals surface area (Å²) in [6, 6.07) is 2.08. The van der Waals surface area contributed by atoms with E-state index in [1.165, 1.54) is 12.3 Å². The maximum Gasteiger partial charge on any atom is 0.172 e. The molecule has 2 N–H and O–H groups in total. The van der Waals surface area contributed by atoms with E-state index in [2.05, 4.69) is 15.7 Å². The lowest BCUT2D eigenvalue weighted by molar-refractivity contribution is 0.431. The van der Waals surface area contributed by atoms with Crippen LogP contribution in [-0.4, -0.2) is 20.9 Å². The monoisotopic (exact) mass is 344 g/mol. The van der Waals surface area contributed by atoms with Gasteiger partial charge in [0.2, 0.25) is 0 Å². The van der Waals surface area contributed by atoms with E-state index in [-0.39, 0.29) is 6.07 Å². The zero-order valence-corrected chi connectivity index (χ0v) is 12.6. The minimum atomic E-state index is -1.45. The van der Waals surface area contributed by atoms with Crippen LogP contribution in [0.3, 0.4) is 0 Å². The molecule has 3 rings (SSSR count). The molecule has 4 nitrogen and oxygen atoms in total. The second-order valence-electron chi connectivity index (χ2n) is 5.22. The van der Waals surface area contributed by atoms with Crippen LogP contribution in [0.1, 0.15) is 18.4 Å². The Balaban J connectivity index is 1.73. The Kier molecular flexibility index (Phi) is 4.20. The van der Waals surface area contributed by atoms with Crippen LogP contribution in [0.5, 0.6) is 0 Å². The van der Waals surface area contributed by atoms with Crippen LogP contribution >= 0.6 is 12.2 Å². The van der Waals surface area contributed by atoms with Crippen LogP contribution in [0.15, 0.2) is 18.3 Å². The third-order valence-electron chi connectivity index (χ3n) is 3.32. The number of halogens is 4. The Bertz CT molecular complexity index is 731. The minimum Gasteiger partial charge on any atom is -0.360 e. The fourth-order valence-electron chi connectivity index (χ4n) is 2.01. The van der Waals surface area contributed by atoms with Crippen molar-refractivity contribution >= 4 is 23.1 Å². The highest BCUT2D eigenvalue weighted by atomic mass is 32.1. The molecule has 0 spiro atoms. The fourth-order valence-corrected chi connectivity index (χ4v) is 2.28. The molecule has 2 aromatic rings. The molecule has 0 saturated heterocycles. The van der Waals surface area contributed by atoms with Gasteiger partial charge in [-0.15, -0.1) is 0 Å². The summed E-state index contributed by atoms with van der Waals surface area (Å²) >= 11 is 5.08. The molecule has 122 valence electrons. The van der Waals surface area contributed by atoms with Crippen molar-refractivity contribution in [2.75, 3.05) is 5.32 Å². The Labute approximate surface area is 134 Å². The lowest BCUT2D eigenvalue weighted by Crippen LogP contribution is -2.30. The van der Waals surface area contributed by atoms with Crippen LogP contribution in [-0.2, 0) is 6.54 Å². The largest absolute Gasteiger partial charge is 0.360 e. The molecule has 1 aliphatic carbocycles. The molecule has 0 unspecified atom stereocenters. The first-order valence-electron chi connectivity index (χ1n) is 6.87. The van der Waals surface area contributed by atoms with Gasteiger partial charge in [-0.2, -0.15) is 5.10 Å².